The fourth-order valence-corrected chi connectivity index (χ4v) is 5.03. The van der Waals surface area contributed by atoms with Crippen LogP contribution in [0.5, 0.6) is 0 Å². The van der Waals surface area contributed by atoms with Crippen LogP contribution in [0, 0.1) is 5.92 Å². The van der Waals surface area contributed by atoms with Crippen LogP contribution in [0.25, 0.3) is 9.40 Å². The monoisotopic (exact) mass is 295 g/mol. The van der Waals surface area contributed by atoms with E-state index in [1.54, 1.807) is 0 Å². The summed E-state index contributed by atoms with van der Waals surface area (Å²) < 4.78 is 8.35. The van der Waals surface area contributed by atoms with Crippen molar-refractivity contribution in [3.63, 3.8) is 0 Å². The lowest BCUT2D eigenvalue weighted by molar-refractivity contribution is 0.0607. The van der Waals surface area contributed by atoms with E-state index in [1.165, 1.54) is 33.5 Å². The zero-order valence-electron chi connectivity index (χ0n) is 11.4. The van der Waals surface area contributed by atoms with Gasteiger partial charge in [0, 0.05) is 33.5 Å². The van der Waals surface area contributed by atoms with E-state index < -0.39 is 0 Å². The van der Waals surface area contributed by atoms with Crippen LogP contribution in [0.15, 0.2) is 17.5 Å². The Balaban J connectivity index is 1.73. The van der Waals surface area contributed by atoms with E-state index in [9.17, 15) is 0 Å². The van der Waals surface area contributed by atoms with E-state index in [1.807, 2.05) is 22.7 Å². The summed E-state index contributed by atoms with van der Waals surface area (Å²) in [6.07, 6.45) is 3.70. The van der Waals surface area contributed by atoms with Crippen molar-refractivity contribution in [1.29, 1.82) is 0 Å². The average molecular weight is 295 g/mol. The second-order valence-electron chi connectivity index (χ2n) is 5.20. The maximum absolute atomic E-state index is 5.47. The van der Waals surface area contributed by atoms with Crippen molar-refractivity contribution in [1.82, 2.24) is 5.32 Å². The Kier molecular flexibility index (Phi) is 4.53. The van der Waals surface area contributed by atoms with Gasteiger partial charge in [-0.2, -0.15) is 0 Å². The van der Waals surface area contributed by atoms with E-state index in [0.29, 0.717) is 6.04 Å². The molecule has 2 nitrogen and oxygen atoms in total. The number of fused-ring (bicyclic) bond motifs is 1. The number of rotatable bonds is 5. The molecule has 4 heteroatoms. The fraction of sp³-hybridized carbons (Fsp3) is 0.600. The molecule has 1 atom stereocenters. The largest absolute Gasteiger partial charge is 0.381 e. The van der Waals surface area contributed by atoms with Crippen molar-refractivity contribution in [2.75, 3.05) is 19.8 Å². The van der Waals surface area contributed by atoms with E-state index in [0.717, 1.165) is 25.7 Å². The minimum absolute atomic E-state index is 0.526. The number of hydrogen-bond donors (Lipinski definition) is 1. The van der Waals surface area contributed by atoms with E-state index in [4.69, 9.17) is 4.74 Å². The molecule has 1 unspecified atom stereocenters. The van der Waals surface area contributed by atoms with Gasteiger partial charge < -0.3 is 10.1 Å². The summed E-state index contributed by atoms with van der Waals surface area (Å²) in [5.74, 6) is 0.818. The standard InChI is InChI=1S/C15H21NOS2/c1-2-16-12(9-11-3-6-17-7-4-11)14-10-15-13(19-14)5-8-18-15/h5,8,10-12,16H,2-4,6-7,9H2,1H3. The highest BCUT2D eigenvalue weighted by Crippen LogP contribution is 2.36. The summed E-state index contributed by atoms with van der Waals surface area (Å²) in [5, 5.41) is 5.86. The first kappa shape index (κ1) is 13.6. The summed E-state index contributed by atoms with van der Waals surface area (Å²) in [4.78, 5) is 1.51. The van der Waals surface area contributed by atoms with Gasteiger partial charge in [0.2, 0.25) is 0 Å². The molecule has 0 radical (unpaired) electrons. The molecular formula is C15H21NOS2. The van der Waals surface area contributed by atoms with Crippen molar-refractivity contribution in [2.24, 2.45) is 5.92 Å². The molecule has 0 aliphatic carbocycles. The first-order chi connectivity index (χ1) is 9.36. The summed E-state index contributed by atoms with van der Waals surface area (Å²) >= 11 is 3.81. The van der Waals surface area contributed by atoms with Crippen molar-refractivity contribution in [3.05, 3.63) is 22.4 Å². The third-order valence-electron chi connectivity index (χ3n) is 3.86. The molecule has 1 aliphatic heterocycles. The SMILES string of the molecule is CCNC(CC1CCOCC1)c1cc2sccc2s1. The molecule has 0 spiro atoms. The maximum Gasteiger partial charge on any atom is 0.0468 e. The third kappa shape index (κ3) is 3.19. The van der Waals surface area contributed by atoms with Gasteiger partial charge in [-0.3, -0.25) is 0 Å². The van der Waals surface area contributed by atoms with Crippen molar-refractivity contribution in [3.8, 4) is 0 Å². The molecule has 0 bridgehead atoms. The maximum atomic E-state index is 5.47. The van der Waals surface area contributed by atoms with Crippen LogP contribution in [-0.4, -0.2) is 19.8 Å². The molecule has 3 heterocycles. The quantitative estimate of drug-likeness (QED) is 0.881. The van der Waals surface area contributed by atoms with Crippen LogP contribution in [0.4, 0.5) is 0 Å². The first-order valence-electron chi connectivity index (χ1n) is 7.15. The number of thiophene rings is 2. The summed E-state index contributed by atoms with van der Waals surface area (Å²) in [7, 11) is 0. The lowest BCUT2D eigenvalue weighted by Crippen LogP contribution is -2.25. The average Bonchev–Trinajstić information content (AvgIpc) is 3.00. The molecule has 1 aliphatic rings. The van der Waals surface area contributed by atoms with Gasteiger partial charge in [-0.05, 0) is 49.2 Å². The molecule has 1 saturated heterocycles. The van der Waals surface area contributed by atoms with Crippen LogP contribution < -0.4 is 5.32 Å². The van der Waals surface area contributed by atoms with Crippen molar-refractivity contribution < 1.29 is 4.74 Å². The molecule has 0 aromatic carbocycles. The summed E-state index contributed by atoms with van der Waals surface area (Å²) in [6.45, 7) is 5.14. The van der Waals surface area contributed by atoms with Gasteiger partial charge >= 0.3 is 0 Å². The number of nitrogens with one attached hydrogen (secondary N) is 1. The molecule has 0 amide bonds. The highest BCUT2D eigenvalue weighted by Gasteiger charge is 2.21. The highest BCUT2D eigenvalue weighted by molar-refractivity contribution is 7.26. The van der Waals surface area contributed by atoms with E-state index >= 15 is 0 Å². The Morgan fingerprint density at radius 1 is 1.37 bits per heavy atom. The predicted octanol–water partition coefficient (Wildman–Crippen LogP) is 4.43. The van der Waals surface area contributed by atoms with Gasteiger partial charge in [0.15, 0.2) is 0 Å². The molecule has 1 fully saturated rings. The third-order valence-corrected chi connectivity index (χ3v) is 6.07. The van der Waals surface area contributed by atoms with Crippen LogP contribution in [0.3, 0.4) is 0 Å². The Morgan fingerprint density at radius 2 is 2.21 bits per heavy atom. The van der Waals surface area contributed by atoms with Crippen LogP contribution in [0.2, 0.25) is 0 Å². The Morgan fingerprint density at radius 3 is 2.95 bits per heavy atom. The second kappa shape index (κ2) is 6.35. The van der Waals surface area contributed by atoms with Gasteiger partial charge in [-0.1, -0.05) is 6.92 Å². The molecule has 3 rings (SSSR count). The normalized spacial score (nSPS) is 19.0. The zero-order chi connectivity index (χ0) is 13.1. The number of ether oxygens (including phenoxy) is 1. The van der Waals surface area contributed by atoms with Crippen LogP contribution in [-0.2, 0) is 4.74 Å². The van der Waals surface area contributed by atoms with Crippen LogP contribution >= 0.6 is 22.7 Å². The predicted molar refractivity (Wildman–Crippen MR) is 84.3 cm³/mol. The smallest absolute Gasteiger partial charge is 0.0468 e. The molecule has 0 saturated carbocycles. The Hall–Kier alpha value is -0.420. The Labute approximate surface area is 122 Å². The van der Waals surface area contributed by atoms with Gasteiger partial charge in [0.25, 0.3) is 0 Å². The minimum Gasteiger partial charge on any atom is -0.381 e. The van der Waals surface area contributed by atoms with Crippen molar-refractivity contribution >= 4 is 32.1 Å². The molecule has 2 aromatic heterocycles. The minimum atomic E-state index is 0.526. The highest BCUT2D eigenvalue weighted by atomic mass is 32.1. The fourth-order valence-electron chi connectivity index (χ4n) is 2.82. The van der Waals surface area contributed by atoms with Gasteiger partial charge in [0.1, 0.15) is 0 Å². The molecule has 104 valence electrons. The molecular weight excluding hydrogens is 274 g/mol. The van der Waals surface area contributed by atoms with Crippen LogP contribution in [0.1, 0.15) is 37.1 Å². The van der Waals surface area contributed by atoms with E-state index in [2.05, 4.69) is 29.8 Å². The van der Waals surface area contributed by atoms with Gasteiger partial charge in [0.05, 0.1) is 0 Å². The molecule has 19 heavy (non-hydrogen) atoms. The van der Waals surface area contributed by atoms with Crippen molar-refractivity contribution in [2.45, 2.75) is 32.2 Å². The van der Waals surface area contributed by atoms with Gasteiger partial charge in [-0.15, -0.1) is 22.7 Å². The first-order valence-corrected chi connectivity index (χ1v) is 8.84. The second-order valence-corrected chi connectivity index (χ2v) is 7.26. The summed E-state index contributed by atoms with van der Waals surface area (Å²) in [6, 6.07) is 5.15. The Bertz CT molecular complexity index is 484. The molecule has 1 N–H and O–H groups in total. The zero-order valence-corrected chi connectivity index (χ0v) is 13.0. The van der Waals surface area contributed by atoms with E-state index in [-0.39, 0.29) is 0 Å². The lowest BCUT2D eigenvalue weighted by Gasteiger charge is -2.26. The van der Waals surface area contributed by atoms with Gasteiger partial charge in [-0.25, -0.2) is 0 Å². The molecule has 2 aromatic rings. The number of hydrogen-bond acceptors (Lipinski definition) is 4. The lowest BCUT2D eigenvalue weighted by atomic mass is 9.92. The topological polar surface area (TPSA) is 21.3 Å². The summed E-state index contributed by atoms with van der Waals surface area (Å²) in [5.41, 5.74) is 0.